The first-order chi connectivity index (χ1) is 8.77. The van der Waals surface area contributed by atoms with E-state index >= 15 is 0 Å². The first kappa shape index (κ1) is 14.9. The average Bonchev–Trinajstić information content (AvgIpc) is 2.33. The molecule has 0 aromatic carbocycles. The Morgan fingerprint density at radius 2 is 2.05 bits per heavy atom. The van der Waals surface area contributed by atoms with Crippen molar-refractivity contribution in [3.63, 3.8) is 0 Å². The molecule has 0 aliphatic carbocycles. The molecule has 19 heavy (non-hydrogen) atoms. The first-order valence-corrected chi connectivity index (χ1v) is 5.79. The molecule has 0 unspecified atom stereocenters. The van der Waals surface area contributed by atoms with E-state index < -0.39 is 17.4 Å². The van der Waals surface area contributed by atoms with Gasteiger partial charge in [-0.05, 0) is 26.8 Å². The van der Waals surface area contributed by atoms with Crippen LogP contribution in [0.25, 0.3) is 0 Å². The van der Waals surface area contributed by atoms with Crippen molar-refractivity contribution < 1.29 is 19.4 Å². The Kier molecular flexibility index (Phi) is 4.47. The van der Waals surface area contributed by atoms with Crippen LogP contribution in [0.1, 0.15) is 31.1 Å². The molecule has 0 saturated heterocycles. The van der Waals surface area contributed by atoms with E-state index in [0.717, 1.165) is 0 Å². The molecule has 0 atom stereocenters. The smallest absolute Gasteiger partial charge is 0.323 e. The van der Waals surface area contributed by atoms with E-state index in [1.807, 2.05) is 0 Å². The topological polar surface area (TPSA) is 79.7 Å². The molecule has 1 heterocycles. The van der Waals surface area contributed by atoms with Gasteiger partial charge in [0.05, 0.1) is 18.9 Å². The molecule has 104 valence electrons. The number of hydrogen-bond acceptors (Lipinski definition) is 4. The van der Waals surface area contributed by atoms with Crippen LogP contribution >= 0.6 is 0 Å². The third-order valence-electron chi connectivity index (χ3n) is 2.58. The Morgan fingerprint density at radius 1 is 1.42 bits per heavy atom. The summed E-state index contributed by atoms with van der Waals surface area (Å²) in [7, 11) is 1.44. The van der Waals surface area contributed by atoms with Crippen LogP contribution in [0.4, 0.5) is 0 Å². The van der Waals surface area contributed by atoms with Crippen molar-refractivity contribution in [1.82, 2.24) is 9.88 Å². The van der Waals surface area contributed by atoms with Gasteiger partial charge in [-0.25, -0.2) is 0 Å². The largest absolute Gasteiger partial charge is 0.494 e. The zero-order chi connectivity index (χ0) is 14.6. The highest BCUT2D eigenvalue weighted by molar-refractivity contribution is 5.98. The van der Waals surface area contributed by atoms with Crippen molar-refractivity contribution in [3.05, 3.63) is 24.0 Å². The minimum atomic E-state index is -1.06. The summed E-state index contributed by atoms with van der Waals surface area (Å²) in [5.74, 6) is -1.13. The Hall–Kier alpha value is -2.11. The van der Waals surface area contributed by atoms with Crippen LogP contribution in [0, 0.1) is 0 Å². The number of carboxylic acids is 1. The molecule has 6 heteroatoms. The third kappa shape index (κ3) is 3.67. The fourth-order valence-corrected chi connectivity index (χ4v) is 1.61. The molecule has 0 spiro atoms. The molecule has 1 amide bonds. The van der Waals surface area contributed by atoms with E-state index in [0.29, 0.717) is 11.3 Å². The van der Waals surface area contributed by atoms with Crippen LogP contribution < -0.4 is 4.74 Å². The zero-order valence-electron chi connectivity index (χ0n) is 11.5. The average molecular weight is 266 g/mol. The van der Waals surface area contributed by atoms with Crippen molar-refractivity contribution in [2.75, 3.05) is 13.7 Å². The SMILES string of the molecule is COc1cnccc1C(=O)N(CC(=O)O)C(C)(C)C. The monoisotopic (exact) mass is 266 g/mol. The number of hydrogen-bond donors (Lipinski definition) is 1. The molecule has 0 bridgehead atoms. The van der Waals surface area contributed by atoms with Crippen molar-refractivity contribution in [3.8, 4) is 5.75 Å². The van der Waals surface area contributed by atoms with Gasteiger partial charge in [0.2, 0.25) is 0 Å². The van der Waals surface area contributed by atoms with Gasteiger partial charge in [0.25, 0.3) is 5.91 Å². The second kappa shape index (κ2) is 5.69. The summed E-state index contributed by atoms with van der Waals surface area (Å²) in [6.45, 7) is 4.97. The van der Waals surface area contributed by atoms with Crippen molar-refractivity contribution in [2.24, 2.45) is 0 Å². The summed E-state index contributed by atoms with van der Waals surface area (Å²) < 4.78 is 5.08. The summed E-state index contributed by atoms with van der Waals surface area (Å²) in [5.41, 5.74) is -0.308. The number of nitrogens with zero attached hydrogens (tertiary/aromatic N) is 2. The van der Waals surface area contributed by atoms with Gasteiger partial charge in [0.15, 0.2) is 0 Å². The predicted molar refractivity (Wildman–Crippen MR) is 69.2 cm³/mol. The molecule has 0 aliphatic rings. The second-order valence-electron chi connectivity index (χ2n) is 5.03. The highest BCUT2D eigenvalue weighted by atomic mass is 16.5. The van der Waals surface area contributed by atoms with E-state index in [2.05, 4.69) is 4.98 Å². The van der Waals surface area contributed by atoms with E-state index in [4.69, 9.17) is 9.84 Å². The van der Waals surface area contributed by atoms with Crippen LogP contribution in [-0.4, -0.2) is 46.1 Å². The van der Waals surface area contributed by atoms with Gasteiger partial charge in [0, 0.05) is 11.7 Å². The van der Waals surface area contributed by atoms with Crippen LogP contribution in [0.3, 0.4) is 0 Å². The van der Waals surface area contributed by atoms with Crippen molar-refractivity contribution in [1.29, 1.82) is 0 Å². The lowest BCUT2D eigenvalue weighted by Crippen LogP contribution is -2.48. The number of carbonyl (C=O) groups is 2. The Morgan fingerprint density at radius 3 is 2.53 bits per heavy atom. The fourth-order valence-electron chi connectivity index (χ4n) is 1.61. The summed E-state index contributed by atoms with van der Waals surface area (Å²) in [5, 5.41) is 8.93. The number of carboxylic acid groups (broad SMARTS) is 1. The fraction of sp³-hybridized carbons (Fsp3) is 0.462. The molecular weight excluding hydrogens is 248 g/mol. The minimum absolute atomic E-state index is 0.300. The molecule has 0 fully saturated rings. The Balaban J connectivity index is 3.16. The predicted octanol–water partition coefficient (Wildman–Crippen LogP) is 1.42. The molecule has 1 rings (SSSR count). The molecule has 0 radical (unpaired) electrons. The summed E-state index contributed by atoms with van der Waals surface area (Å²) in [6, 6.07) is 1.52. The lowest BCUT2D eigenvalue weighted by atomic mass is 10.0. The number of aromatic nitrogens is 1. The molecule has 1 aromatic rings. The maximum atomic E-state index is 12.5. The molecule has 6 nitrogen and oxygen atoms in total. The normalized spacial score (nSPS) is 10.9. The number of carbonyl (C=O) groups excluding carboxylic acids is 1. The standard InChI is InChI=1S/C13H18N2O4/c1-13(2,3)15(8-11(16)17)12(18)9-5-6-14-7-10(9)19-4/h5-7H,8H2,1-4H3,(H,16,17). The van der Waals surface area contributed by atoms with Gasteiger partial charge in [-0.3, -0.25) is 14.6 Å². The zero-order valence-corrected chi connectivity index (χ0v) is 11.5. The molecule has 0 saturated carbocycles. The van der Waals surface area contributed by atoms with Crippen LogP contribution in [-0.2, 0) is 4.79 Å². The maximum absolute atomic E-state index is 12.5. The van der Waals surface area contributed by atoms with E-state index in [1.54, 1.807) is 20.8 Å². The lowest BCUT2D eigenvalue weighted by molar-refractivity contribution is -0.138. The van der Waals surface area contributed by atoms with Crippen LogP contribution in [0.5, 0.6) is 5.75 Å². The van der Waals surface area contributed by atoms with E-state index in [9.17, 15) is 9.59 Å². The van der Waals surface area contributed by atoms with Gasteiger partial charge >= 0.3 is 5.97 Å². The van der Waals surface area contributed by atoms with Crippen LogP contribution in [0.2, 0.25) is 0 Å². The minimum Gasteiger partial charge on any atom is -0.494 e. The van der Waals surface area contributed by atoms with Crippen LogP contribution in [0.15, 0.2) is 18.5 Å². The number of amides is 1. The molecular formula is C13H18N2O4. The number of ether oxygens (including phenoxy) is 1. The molecule has 0 aliphatic heterocycles. The number of aliphatic carboxylic acids is 1. The second-order valence-corrected chi connectivity index (χ2v) is 5.03. The molecule has 1 N–H and O–H groups in total. The Bertz CT molecular complexity index is 480. The lowest BCUT2D eigenvalue weighted by Gasteiger charge is -2.34. The van der Waals surface area contributed by atoms with Crippen molar-refractivity contribution in [2.45, 2.75) is 26.3 Å². The van der Waals surface area contributed by atoms with Gasteiger partial charge < -0.3 is 14.7 Å². The third-order valence-corrected chi connectivity index (χ3v) is 2.58. The number of pyridine rings is 1. The highest BCUT2D eigenvalue weighted by Crippen LogP contribution is 2.22. The number of rotatable bonds is 4. The maximum Gasteiger partial charge on any atom is 0.323 e. The quantitative estimate of drug-likeness (QED) is 0.891. The Labute approximate surface area is 112 Å². The summed E-state index contributed by atoms with van der Waals surface area (Å²) in [6.07, 6.45) is 2.90. The summed E-state index contributed by atoms with van der Waals surface area (Å²) in [4.78, 5) is 28.5. The van der Waals surface area contributed by atoms with E-state index in [1.165, 1.54) is 30.5 Å². The van der Waals surface area contributed by atoms with Gasteiger partial charge in [0.1, 0.15) is 12.3 Å². The number of methoxy groups -OCH3 is 1. The highest BCUT2D eigenvalue weighted by Gasteiger charge is 2.30. The van der Waals surface area contributed by atoms with E-state index in [-0.39, 0.29) is 6.54 Å². The summed E-state index contributed by atoms with van der Waals surface area (Å²) >= 11 is 0. The van der Waals surface area contributed by atoms with Gasteiger partial charge in [-0.1, -0.05) is 0 Å². The first-order valence-electron chi connectivity index (χ1n) is 5.79. The van der Waals surface area contributed by atoms with Crippen molar-refractivity contribution >= 4 is 11.9 Å². The van der Waals surface area contributed by atoms with Gasteiger partial charge in [-0.15, -0.1) is 0 Å². The molecule has 1 aromatic heterocycles. The van der Waals surface area contributed by atoms with Gasteiger partial charge in [-0.2, -0.15) is 0 Å².